The lowest BCUT2D eigenvalue weighted by molar-refractivity contribution is -0.143. The van der Waals surface area contributed by atoms with E-state index in [-0.39, 0.29) is 24.0 Å². The normalized spacial score (nSPS) is 13.3. The molecule has 1 aromatic carbocycles. The summed E-state index contributed by atoms with van der Waals surface area (Å²) in [6, 6.07) is 2.36. The van der Waals surface area contributed by atoms with Gasteiger partial charge in [-0.2, -0.15) is 0 Å². The molecule has 0 bridgehead atoms. The second-order valence-corrected chi connectivity index (χ2v) is 4.76. The number of carbonyl (C=O) groups excluding carboxylic acids is 1. The fourth-order valence-electron chi connectivity index (χ4n) is 1.69. The van der Waals surface area contributed by atoms with Gasteiger partial charge in [-0.25, -0.2) is 9.18 Å². The Balaban J connectivity index is 2.79. The van der Waals surface area contributed by atoms with Gasteiger partial charge < -0.3 is 19.9 Å². The Morgan fingerprint density at radius 1 is 1.41 bits per heavy atom. The number of hydrogen-bond acceptors (Lipinski definition) is 4. The quantitative estimate of drug-likeness (QED) is 0.765. The summed E-state index contributed by atoms with van der Waals surface area (Å²) in [5, 5.41) is 11.5. The first-order chi connectivity index (χ1) is 10.4. The van der Waals surface area contributed by atoms with E-state index in [4.69, 9.17) is 9.47 Å². The van der Waals surface area contributed by atoms with Crippen molar-refractivity contribution < 1.29 is 28.6 Å². The number of amides is 1. The van der Waals surface area contributed by atoms with Crippen LogP contribution in [0.15, 0.2) is 18.2 Å². The van der Waals surface area contributed by atoms with Gasteiger partial charge in [0.2, 0.25) is 5.91 Å². The summed E-state index contributed by atoms with van der Waals surface area (Å²) in [5.41, 5.74) is 0.114. The van der Waals surface area contributed by atoms with Crippen LogP contribution in [0.2, 0.25) is 0 Å². The molecule has 1 aromatic rings. The van der Waals surface area contributed by atoms with E-state index in [0.717, 1.165) is 12.5 Å². The third-order valence-electron chi connectivity index (χ3n) is 3.14. The summed E-state index contributed by atoms with van der Waals surface area (Å²) in [5.74, 6) is -2.57. The second kappa shape index (κ2) is 8.33. The van der Waals surface area contributed by atoms with Gasteiger partial charge in [0.25, 0.3) is 0 Å². The van der Waals surface area contributed by atoms with Gasteiger partial charge in [0.15, 0.2) is 17.6 Å². The second-order valence-electron chi connectivity index (χ2n) is 4.76. The zero-order valence-electron chi connectivity index (χ0n) is 12.8. The van der Waals surface area contributed by atoms with E-state index >= 15 is 0 Å². The molecule has 122 valence electrons. The number of carbonyl (C=O) groups is 2. The van der Waals surface area contributed by atoms with Gasteiger partial charge in [-0.3, -0.25) is 4.79 Å². The van der Waals surface area contributed by atoms with Gasteiger partial charge in [-0.1, -0.05) is 13.0 Å². The summed E-state index contributed by atoms with van der Waals surface area (Å²) >= 11 is 0. The van der Waals surface area contributed by atoms with Crippen LogP contribution in [0.5, 0.6) is 5.75 Å². The lowest BCUT2D eigenvalue weighted by atomic mass is 10.1. The van der Waals surface area contributed by atoms with Gasteiger partial charge in [-0.05, 0) is 31.0 Å². The molecule has 0 heterocycles. The van der Waals surface area contributed by atoms with Gasteiger partial charge in [-0.15, -0.1) is 0 Å². The monoisotopic (exact) mass is 313 g/mol. The summed E-state index contributed by atoms with van der Waals surface area (Å²) in [4.78, 5) is 23.0. The maximum Gasteiger partial charge on any atom is 0.330 e. The highest BCUT2D eigenvalue weighted by Crippen LogP contribution is 2.22. The number of rotatable bonds is 8. The highest BCUT2D eigenvalue weighted by Gasteiger charge is 2.23. The lowest BCUT2D eigenvalue weighted by Crippen LogP contribution is -2.36. The van der Waals surface area contributed by atoms with Crippen LogP contribution in [0, 0.1) is 5.82 Å². The average Bonchev–Trinajstić information content (AvgIpc) is 2.49. The molecule has 0 spiro atoms. The van der Waals surface area contributed by atoms with Gasteiger partial charge >= 0.3 is 5.97 Å². The number of hydrogen-bond donors (Lipinski definition) is 2. The lowest BCUT2D eigenvalue weighted by Gasteiger charge is -2.17. The molecule has 1 amide bonds. The van der Waals surface area contributed by atoms with Crippen molar-refractivity contribution >= 4 is 11.9 Å². The molecule has 22 heavy (non-hydrogen) atoms. The Morgan fingerprint density at radius 2 is 2.09 bits per heavy atom. The zero-order valence-corrected chi connectivity index (χ0v) is 12.8. The first-order valence-corrected chi connectivity index (χ1v) is 6.86. The van der Waals surface area contributed by atoms with E-state index in [1.807, 2.05) is 6.92 Å². The molecule has 0 aliphatic carbocycles. The van der Waals surface area contributed by atoms with Crippen LogP contribution >= 0.6 is 0 Å². The Kier molecular flexibility index (Phi) is 6.78. The molecule has 2 atom stereocenters. The van der Waals surface area contributed by atoms with E-state index in [2.05, 4.69) is 5.32 Å². The van der Waals surface area contributed by atoms with Crippen LogP contribution in [-0.4, -0.2) is 36.8 Å². The highest BCUT2D eigenvalue weighted by atomic mass is 19.1. The van der Waals surface area contributed by atoms with Crippen LogP contribution in [0.1, 0.15) is 31.9 Å². The van der Waals surface area contributed by atoms with E-state index in [1.54, 1.807) is 6.92 Å². The highest BCUT2D eigenvalue weighted by molar-refractivity contribution is 5.85. The number of aliphatic carboxylic acids is 1. The molecule has 0 saturated heterocycles. The van der Waals surface area contributed by atoms with Crippen LogP contribution in [0.3, 0.4) is 0 Å². The molecule has 0 fully saturated rings. The molecule has 0 radical (unpaired) electrons. The maximum absolute atomic E-state index is 13.7. The van der Waals surface area contributed by atoms with Gasteiger partial charge in [0, 0.05) is 0 Å². The van der Waals surface area contributed by atoms with Crippen LogP contribution in [0.25, 0.3) is 0 Å². The molecular weight excluding hydrogens is 293 g/mol. The fraction of sp³-hybridized carbons (Fsp3) is 0.467. The largest absolute Gasteiger partial charge is 0.494 e. The minimum absolute atomic E-state index is 0.000630. The van der Waals surface area contributed by atoms with Crippen molar-refractivity contribution in [2.75, 3.05) is 13.7 Å². The minimum atomic E-state index is -1.35. The maximum atomic E-state index is 13.7. The van der Waals surface area contributed by atoms with Crippen molar-refractivity contribution in [1.82, 2.24) is 5.32 Å². The SMILES string of the molecule is CCC(C)OCC(=O)NC(C(=O)O)c1ccc(OC)c(F)c1. The first-order valence-electron chi connectivity index (χ1n) is 6.86. The standard InChI is InChI=1S/C15H20FNO5/c1-4-9(2)22-8-13(18)17-14(15(19)20)10-5-6-12(21-3)11(16)7-10/h5-7,9,14H,4,8H2,1-3H3,(H,17,18)(H,19,20). The first kappa shape index (κ1) is 17.9. The van der Waals surface area contributed by atoms with Gasteiger partial charge in [0.1, 0.15) is 6.61 Å². The molecule has 0 aliphatic heterocycles. The van der Waals surface area contributed by atoms with Crippen molar-refractivity contribution in [2.45, 2.75) is 32.4 Å². The van der Waals surface area contributed by atoms with E-state index < -0.39 is 23.7 Å². The number of ether oxygens (including phenoxy) is 2. The third-order valence-corrected chi connectivity index (χ3v) is 3.14. The molecule has 2 unspecified atom stereocenters. The number of carboxylic acid groups (broad SMARTS) is 1. The molecular formula is C15H20FNO5. The Bertz CT molecular complexity index is 535. The Hall–Kier alpha value is -2.15. The Labute approximate surface area is 128 Å². The third kappa shape index (κ3) is 5.00. The molecule has 7 heteroatoms. The van der Waals surface area contributed by atoms with Crippen LogP contribution in [0.4, 0.5) is 4.39 Å². The van der Waals surface area contributed by atoms with Crippen molar-refractivity contribution in [2.24, 2.45) is 0 Å². The predicted molar refractivity (Wildman–Crippen MR) is 77.2 cm³/mol. The van der Waals surface area contributed by atoms with Gasteiger partial charge in [0.05, 0.1) is 13.2 Å². The summed E-state index contributed by atoms with van der Waals surface area (Å²) < 4.78 is 23.7. The Morgan fingerprint density at radius 3 is 2.59 bits per heavy atom. The zero-order chi connectivity index (χ0) is 16.7. The number of halogens is 1. The van der Waals surface area contributed by atoms with Crippen molar-refractivity contribution in [1.29, 1.82) is 0 Å². The van der Waals surface area contributed by atoms with E-state index in [9.17, 15) is 19.1 Å². The smallest absolute Gasteiger partial charge is 0.330 e. The molecule has 0 saturated carbocycles. The topological polar surface area (TPSA) is 84.9 Å². The summed E-state index contributed by atoms with van der Waals surface area (Å²) in [7, 11) is 1.31. The molecule has 0 aliphatic rings. The molecule has 2 N–H and O–H groups in total. The number of carboxylic acids is 1. The van der Waals surface area contributed by atoms with E-state index in [0.29, 0.717) is 0 Å². The average molecular weight is 313 g/mol. The van der Waals surface area contributed by atoms with Crippen molar-refractivity contribution in [3.63, 3.8) is 0 Å². The van der Waals surface area contributed by atoms with Crippen molar-refractivity contribution in [3.8, 4) is 5.75 Å². The van der Waals surface area contributed by atoms with Crippen LogP contribution < -0.4 is 10.1 Å². The number of benzene rings is 1. The molecule has 1 rings (SSSR count). The summed E-state index contributed by atoms with van der Waals surface area (Å²) in [6.07, 6.45) is 0.631. The van der Waals surface area contributed by atoms with E-state index in [1.165, 1.54) is 19.2 Å². The summed E-state index contributed by atoms with van der Waals surface area (Å²) in [6.45, 7) is 3.46. The number of nitrogens with one attached hydrogen (secondary N) is 1. The number of methoxy groups -OCH3 is 1. The predicted octanol–water partition coefficient (Wildman–Crippen LogP) is 1.89. The molecule has 6 nitrogen and oxygen atoms in total. The fourth-order valence-corrected chi connectivity index (χ4v) is 1.69. The van der Waals surface area contributed by atoms with Crippen molar-refractivity contribution in [3.05, 3.63) is 29.6 Å². The molecule has 0 aromatic heterocycles. The van der Waals surface area contributed by atoms with Crippen LogP contribution in [-0.2, 0) is 14.3 Å². The minimum Gasteiger partial charge on any atom is -0.494 e.